The molecule has 2 N–H and O–H groups in total. The van der Waals surface area contributed by atoms with Gasteiger partial charge in [-0.25, -0.2) is 15.0 Å². The Labute approximate surface area is 97.3 Å². The lowest BCUT2D eigenvalue weighted by Gasteiger charge is -2.14. The van der Waals surface area contributed by atoms with Crippen LogP contribution in [0.4, 0.5) is 5.95 Å². The summed E-state index contributed by atoms with van der Waals surface area (Å²) in [5.74, 6) is 0.0155. The van der Waals surface area contributed by atoms with Gasteiger partial charge in [-0.3, -0.25) is 4.79 Å². The maximum atomic E-state index is 11.0. The molecule has 8 heteroatoms. The van der Waals surface area contributed by atoms with Gasteiger partial charge in [0.1, 0.15) is 0 Å². The largest absolute Gasteiger partial charge is 0.491 e. The third-order valence-electron chi connectivity index (χ3n) is 2.11. The predicted octanol–water partition coefficient (Wildman–Crippen LogP) is -1.91. The van der Waals surface area contributed by atoms with Crippen LogP contribution in [0.3, 0.4) is 0 Å². The highest BCUT2D eigenvalue weighted by Gasteiger charge is 2.14. The SMILES string of the molecule is O=C1C=CN(c2ncc(B(O)O)cn2)CC=N1. The van der Waals surface area contributed by atoms with E-state index in [2.05, 4.69) is 15.0 Å². The van der Waals surface area contributed by atoms with E-state index in [1.54, 1.807) is 4.90 Å². The molecule has 0 atom stereocenters. The van der Waals surface area contributed by atoms with Gasteiger partial charge >= 0.3 is 7.12 Å². The Bertz CT molecular complexity index is 472. The van der Waals surface area contributed by atoms with Crippen molar-refractivity contribution in [1.82, 2.24) is 9.97 Å². The summed E-state index contributed by atoms with van der Waals surface area (Å²) in [7, 11) is -1.59. The van der Waals surface area contributed by atoms with Crippen LogP contribution in [-0.4, -0.2) is 45.8 Å². The molecule has 0 unspecified atom stereocenters. The van der Waals surface area contributed by atoms with Crippen molar-refractivity contribution >= 4 is 30.7 Å². The van der Waals surface area contributed by atoms with Crippen LogP contribution in [0.25, 0.3) is 0 Å². The van der Waals surface area contributed by atoms with Crippen molar-refractivity contribution in [3.63, 3.8) is 0 Å². The Morgan fingerprint density at radius 1 is 1.29 bits per heavy atom. The van der Waals surface area contributed by atoms with Crippen LogP contribution in [0.15, 0.2) is 29.7 Å². The van der Waals surface area contributed by atoms with Gasteiger partial charge in [0.15, 0.2) is 0 Å². The topological polar surface area (TPSA) is 98.9 Å². The minimum Gasteiger partial charge on any atom is -0.423 e. The maximum Gasteiger partial charge on any atom is 0.491 e. The molecule has 1 aliphatic rings. The number of amides is 1. The maximum absolute atomic E-state index is 11.0. The summed E-state index contributed by atoms with van der Waals surface area (Å²) in [6.45, 7) is 0.378. The smallest absolute Gasteiger partial charge is 0.423 e. The molecule has 0 fully saturated rings. The third-order valence-corrected chi connectivity index (χ3v) is 2.11. The first-order valence-corrected chi connectivity index (χ1v) is 4.86. The van der Waals surface area contributed by atoms with Crippen LogP contribution in [0, 0.1) is 0 Å². The Morgan fingerprint density at radius 3 is 2.65 bits per heavy atom. The second-order valence-corrected chi connectivity index (χ2v) is 3.31. The lowest BCUT2D eigenvalue weighted by molar-refractivity contribution is -0.113. The first-order valence-electron chi connectivity index (χ1n) is 4.86. The fraction of sp³-hybridized carbons (Fsp3) is 0.111. The number of carbonyl (C=O) groups is 1. The number of aliphatic imine (C=N–C) groups is 1. The lowest BCUT2D eigenvalue weighted by atomic mass is 9.83. The van der Waals surface area contributed by atoms with E-state index in [9.17, 15) is 4.79 Å². The van der Waals surface area contributed by atoms with Gasteiger partial charge in [0.05, 0.1) is 6.54 Å². The monoisotopic (exact) mass is 232 g/mol. The van der Waals surface area contributed by atoms with Crippen LogP contribution < -0.4 is 10.4 Å². The zero-order chi connectivity index (χ0) is 12.3. The second-order valence-electron chi connectivity index (χ2n) is 3.31. The Kier molecular flexibility index (Phi) is 3.26. The number of anilines is 1. The minimum atomic E-state index is -1.59. The molecule has 1 aromatic rings. The Hall–Kier alpha value is -2.06. The van der Waals surface area contributed by atoms with Crippen LogP contribution >= 0.6 is 0 Å². The number of aromatic nitrogens is 2. The molecule has 0 spiro atoms. The summed E-state index contributed by atoms with van der Waals surface area (Å²) < 4.78 is 0. The molecule has 1 amide bonds. The number of carbonyl (C=O) groups excluding carboxylic acids is 1. The molecular weight excluding hydrogens is 223 g/mol. The molecule has 0 aromatic carbocycles. The van der Waals surface area contributed by atoms with E-state index in [0.29, 0.717) is 12.5 Å². The fourth-order valence-electron chi connectivity index (χ4n) is 1.24. The van der Waals surface area contributed by atoms with Gasteiger partial charge in [0, 0.05) is 36.3 Å². The second kappa shape index (κ2) is 4.85. The van der Waals surface area contributed by atoms with E-state index in [1.165, 1.54) is 30.9 Å². The summed E-state index contributed by atoms with van der Waals surface area (Å²) in [4.78, 5) is 24.1. The van der Waals surface area contributed by atoms with Crippen LogP contribution in [0.5, 0.6) is 0 Å². The quantitative estimate of drug-likeness (QED) is 0.577. The summed E-state index contributed by atoms with van der Waals surface area (Å²) in [5, 5.41) is 17.8. The van der Waals surface area contributed by atoms with Crippen molar-refractivity contribution in [1.29, 1.82) is 0 Å². The molecule has 17 heavy (non-hydrogen) atoms. The zero-order valence-electron chi connectivity index (χ0n) is 8.76. The molecule has 0 saturated heterocycles. The Morgan fingerprint density at radius 2 is 2.00 bits per heavy atom. The van der Waals surface area contributed by atoms with Crippen molar-refractivity contribution in [3.8, 4) is 0 Å². The number of hydrogen-bond acceptors (Lipinski definition) is 6. The van der Waals surface area contributed by atoms with E-state index in [0.717, 1.165) is 0 Å². The first kappa shape index (κ1) is 11.4. The van der Waals surface area contributed by atoms with Crippen LogP contribution in [0.2, 0.25) is 0 Å². The highest BCUT2D eigenvalue weighted by molar-refractivity contribution is 6.58. The normalized spacial score (nSPS) is 14.9. The van der Waals surface area contributed by atoms with Crippen molar-refractivity contribution in [2.75, 3.05) is 11.4 Å². The molecule has 86 valence electrons. The standard InChI is InChI=1S/C9H9BN4O3/c15-8-1-3-14(4-2-11-8)9-12-5-7(6-13-9)10(16)17/h1-3,5-6,16-17H,4H2. The molecular formula is C9H9BN4O3. The van der Waals surface area contributed by atoms with Gasteiger partial charge in [-0.1, -0.05) is 0 Å². The highest BCUT2D eigenvalue weighted by atomic mass is 16.4. The number of hydrogen-bond donors (Lipinski definition) is 2. The molecule has 1 aromatic heterocycles. The lowest BCUT2D eigenvalue weighted by Crippen LogP contribution is -2.31. The fourth-order valence-corrected chi connectivity index (χ4v) is 1.24. The van der Waals surface area contributed by atoms with Crippen LogP contribution in [0.1, 0.15) is 0 Å². The molecule has 2 rings (SSSR count). The van der Waals surface area contributed by atoms with Crippen LogP contribution in [-0.2, 0) is 4.79 Å². The van der Waals surface area contributed by atoms with Crippen molar-refractivity contribution < 1.29 is 14.8 Å². The van der Waals surface area contributed by atoms with E-state index < -0.39 is 7.12 Å². The average Bonchev–Trinajstić information content (AvgIpc) is 2.54. The number of rotatable bonds is 2. The van der Waals surface area contributed by atoms with Crippen molar-refractivity contribution in [3.05, 3.63) is 24.7 Å². The summed E-state index contributed by atoms with van der Waals surface area (Å²) >= 11 is 0. The van der Waals surface area contributed by atoms with E-state index in [4.69, 9.17) is 10.0 Å². The van der Waals surface area contributed by atoms with Gasteiger partial charge in [0.25, 0.3) is 5.91 Å². The summed E-state index contributed by atoms with van der Waals surface area (Å²) in [5.41, 5.74) is 0.206. The molecule has 0 aliphatic carbocycles. The zero-order valence-corrected chi connectivity index (χ0v) is 8.76. The predicted molar refractivity (Wildman–Crippen MR) is 61.8 cm³/mol. The third kappa shape index (κ3) is 2.74. The van der Waals surface area contributed by atoms with E-state index >= 15 is 0 Å². The van der Waals surface area contributed by atoms with Gasteiger partial charge in [0.2, 0.25) is 5.95 Å². The Balaban J connectivity index is 2.20. The van der Waals surface area contributed by atoms with Gasteiger partial charge < -0.3 is 14.9 Å². The van der Waals surface area contributed by atoms with Gasteiger partial charge in [-0.15, -0.1) is 0 Å². The molecule has 0 radical (unpaired) electrons. The number of nitrogens with zero attached hydrogens (tertiary/aromatic N) is 4. The van der Waals surface area contributed by atoms with E-state index in [1.807, 2.05) is 0 Å². The first-order chi connectivity index (χ1) is 8.16. The molecule has 0 bridgehead atoms. The molecule has 0 saturated carbocycles. The highest BCUT2D eigenvalue weighted by Crippen LogP contribution is 2.05. The minimum absolute atomic E-state index is 0.206. The van der Waals surface area contributed by atoms with E-state index in [-0.39, 0.29) is 11.4 Å². The molecule has 2 heterocycles. The molecule has 7 nitrogen and oxygen atoms in total. The summed E-state index contributed by atoms with van der Waals surface area (Å²) in [6.07, 6.45) is 6.91. The average molecular weight is 232 g/mol. The van der Waals surface area contributed by atoms with Crippen molar-refractivity contribution in [2.24, 2.45) is 4.99 Å². The summed E-state index contributed by atoms with van der Waals surface area (Å²) in [6, 6.07) is 0. The van der Waals surface area contributed by atoms with Gasteiger partial charge in [-0.2, -0.15) is 0 Å². The molecule has 1 aliphatic heterocycles. The van der Waals surface area contributed by atoms with Crippen molar-refractivity contribution in [2.45, 2.75) is 0 Å². The van der Waals surface area contributed by atoms with Gasteiger partial charge in [-0.05, 0) is 0 Å².